The van der Waals surface area contributed by atoms with Gasteiger partial charge in [0, 0.05) is 26.1 Å². The van der Waals surface area contributed by atoms with E-state index in [0.29, 0.717) is 19.0 Å². The first-order valence-electron chi connectivity index (χ1n) is 15.2. The smallest absolute Gasteiger partial charge is 0.410 e. The molecule has 0 spiro atoms. The van der Waals surface area contributed by atoms with Crippen LogP contribution in [-0.4, -0.2) is 88.8 Å². The molecule has 3 N–H and O–H groups in total. The van der Waals surface area contributed by atoms with Crippen LogP contribution in [0.5, 0.6) is 0 Å². The van der Waals surface area contributed by atoms with Gasteiger partial charge in [-0.1, -0.05) is 59.6 Å². The van der Waals surface area contributed by atoms with Crippen molar-refractivity contribution in [2.45, 2.75) is 111 Å². The molecule has 0 aromatic heterocycles. The Morgan fingerprint density at radius 2 is 1.93 bits per heavy atom. The predicted molar refractivity (Wildman–Crippen MR) is 154 cm³/mol. The SMILES string of the molecule is CCC1C=C2CN3CC2=C(CCCCC(C)(C)COC(=O)NC(C(C)(C)C)C(O)N2CC(CC2C(=O)O)OC3=O)C1. The number of carboxylic acids is 1. The van der Waals surface area contributed by atoms with Crippen LogP contribution in [0.25, 0.3) is 0 Å². The highest BCUT2D eigenvalue weighted by molar-refractivity contribution is 5.75. The van der Waals surface area contributed by atoms with E-state index in [1.807, 2.05) is 20.8 Å². The monoisotopic (exact) mass is 575 g/mol. The predicted octanol–water partition coefficient (Wildman–Crippen LogP) is 4.68. The Labute approximate surface area is 244 Å². The van der Waals surface area contributed by atoms with Crippen molar-refractivity contribution in [1.29, 1.82) is 0 Å². The Kier molecular flexibility index (Phi) is 9.43. The van der Waals surface area contributed by atoms with Crippen LogP contribution in [0.2, 0.25) is 0 Å². The van der Waals surface area contributed by atoms with E-state index in [-0.39, 0.29) is 25.0 Å². The Balaban J connectivity index is 1.62. The molecular formula is C31H49N3O7. The largest absolute Gasteiger partial charge is 0.480 e. The van der Waals surface area contributed by atoms with Crippen LogP contribution in [-0.2, 0) is 14.3 Å². The summed E-state index contributed by atoms with van der Waals surface area (Å²) >= 11 is 0. The van der Waals surface area contributed by atoms with E-state index in [2.05, 4.69) is 32.2 Å². The van der Waals surface area contributed by atoms with Crippen molar-refractivity contribution >= 4 is 18.2 Å². The van der Waals surface area contributed by atoms with Gasteiger partial charge in [-0.05, 0) is 60.0 Å². The summed E-state index contributed by atoms with van der Waals surface area (Å²) in [6.45, 7) is 13.2. The summed E-state index contributed by atoms with van der Waals surface area (Å²) in [5, 5.41) is 24.2. The lowest BCUT2D eigenvalue weighted by molar-refractivity contribution is -0.148. The summed E-state index contributed by atoms with van der Waals surface area (Å²) in [5.41, 5.74) is 3.03. The van der Waals surface area contributed by atoms with Gasteiger partial charge in [-0.15, -0.1) is 0 Å². The quantitative estimate of drug-likeness (QED) is 0.433. The Hall–Kier alpha value is -2.59. The number of rotatable bonds is 2. The normalized spacial score (nSPS) is 33.4. The minimum Gasteiger partial charge on any atom is -0.480 e. The molecule has 0 saturated carbocycles. The molecule has 2 saturated heterocycles. The van der Waals surface area contributed by atoms with Crippen molar-refractivity contribution in [3.05, 3.63) is 22.8 Å². The maximum atomic E-state index is 13.3. The van der Waals surface area contributed by atoms with Crippen LogP contribution in [0, 0.1) is 16.7 Å². The van der Waals surface area contributed by atoms with Gasteiger partial charge in [0.25, 0.3) is 0 Å². The minimum atomic E-state index is -1.33. The van der Waals surface area contributed by atoms with Crippen molar-refractivity contribution in [3.63, 3.8) is 0 Å². The number of aliphatic carboxylic acids is 1. The van der Waals surface area contributed by atoms with Crippen LogP contribution >= 0.6 is 0 Å². The number of carbonyl (C=O) groups excluding carboxylic acids is 2. The molecule has 0 aromatic carbocycles. The first kappa shape index (κ1) is 31.3. The van der Waals surface area contributed by atoms with Gasteiger partial charge in [0.1, 0.15) is 18.4 Å². The maximum Gasteiger partial charge on any atom is 0.410 e. The molecule has 41 heavy (non-hydrogen) atoms. The number of nitrogens with zero attached hydrogens (tertiary/aromatic N) is 2. The molecule has 4 bridgehead atoms. The van der Waals surface area contributed by atoms with Crippen molar-refractivity contribution in [2.75, 3.05) is 26.2 Å². The maximum absolute atomic E-state index is 13.3. The Bertz CT molecular complexity index is 1080. The van der Waals surface area contributed by atoms with Crippen LogP contribution in [0.1, 0.15) is 86.5 Å². The Morgan fingerprint density at radius 1 is 1.20 bits per heavy atom. The number of aliphatic hydroxyl groups excluding tert-OH is 1. The molecule has 10 nitrogen and oxygen atoms in total. The third kappa shape index (κ3) is 7.44. The van der Waals surface area contributed by atoms with Crippen LogP contribution < -0.4 is 5.32 Å². The average Bonchev–Trinajstić information content (AvgIpc) is 3.52. The topological polar surface area (TPSA) is 129 Å². The second-order valence-corrected chi connectivity index (χ2v) is 14.1. The van der Waals surface area contributed by atoms with E-state index in [4.69, 9.17) is 9.47 Å². The first-order chi connectivity index (χ1) is 19.2. The molecule has 10 heteroatoms. The fraction of sp³-hybridized carbons (Fsp3) is 0.774. The van der Waals surface area contributed by atoms with E-state index in [0.717, 1.165) is 38.5 Å². The molecule has 4 aliphatic rings. The molecule has 0 aromatic rings. The van der Waals surface area contributed by atoms with E-state index in [1.54, 1.807) is 4.90 Å². The second-order valence-electron chi connectivity index (χ2n) is 14.1. The van der Waals surface area contributed by atoms with Gasteiger partial charge in [0.05, 0.1) is 12.6 Å². The summed E-state index contributed by atoms with van der Waals surface area (Å²) in [7, 11) is 0. The first-order valence-corrected chi connectivity index (χ1v) is 15.2. The van der Waals surface area contributed by atoms with Crippen molar-refractivity contribution in [2.24, 2.45) is 16.7 Å². The van der Waals surface area contributed by atoms with Gasteiger partial charge < -0.3 is 25.0 Å². The van der Waals surface area contributed by atoms with Gasteiger partial charge in [0.2, 0.25) is 0 Å². The van der Waals surface area contributed by atoms with Crippen LogP contribution in [0.3, 0.4) is 0 Å². The lowest BCUT2D eigenvalue weighted by atomic mass is 9.81. The average molecular weight is 576 g/mol. The summed E-state index contributed by atoms with van der Waals surface area (Å²) < 4.78 is 11.5. The van der Waals surface area contributed by atoms with Gasteiger partial charge in [0.15, 0.2) is 0 Å². The third-order valence-corrected chi connectivity index (χ3v) is 9.13. The third-order valence-electron chi connectivity index (χ3n) is 9.13. The van der Waals surface area contributed by atoms with E-state index >= 15 is 0 Å². The zero-order valence-electron chi connectivity index (χ0n) is 25.6. The summed E-state index contributed by atoms with van der Waals surface area (Å²) in [6, 6.07) is -1.90. The summed E-state index contributed by atoms with van der Waals surface area (Å²) in [5.74, 6) is -0.655. The van der Waals surface area contributed by atoms with Crippen LogP contribution in [0.15, 0.2) is 22.8 Å². The number of allylic oxidation sites excluding steroid dienone is 2. The zero-order valence-corrected chi connectivity index (χ0v) is 25.6. The molecule has 2 amide bonds. The Morgan fingerprint density at radius 3 is 2.59 bits per heavy atom. The van der Waals surface area contributed by atoms with E-state index in [1.165, 1.54) is 21.6 Å². The number of aliphatic hydroxyl groups is 1. The molecule has 0 radical (unpaired) electrons. The van der Waals surface area contributed by atoms with Crippen molar-refractivity contribution < 1.29 is 34.1 Å². The number of amides is 2. The number of fused-ring (bicyclic) bond motifs is 3. The molecule has 3 aliphatic heterocycles. The summed E-state index contributed by atoms with van der Waals surface area (Å²) in [6.07, 6.45) is 5.16. The van der Waals surface area contributed by atoms with Crippen molar-refractivity contribution in [1.82, 2.24) is 15.1 Å². The zero-order chi connectivity index (χ0) is 30.1. The lowest BCUT2D eigenvalue weighted by Gasteiger charge is -2.40. The highest BCUT2D eigenvalue weighted by Gasteiger charge is 2.47. The lowest BCUT2D eigenvalue weighted by Crippen LogP contribution is -2.59. The summed E-state index contributed by atoms with van der Waals surface area (Å²) in [4.78, 5) is 41.6. The van der Waals surface area contributed by atoms with Gasteiger partial charge >= 0.3 is 18.2 Å². The fourth-order valence-electron chi connectivity index (χ4n) is 6.60. The number of ether oxygens (including phenoxy) is 2. The molecular weight excluding hydrogens is 526 g/mol. The van der Waals surface area contributed by atoms with E-state index < -0.39 is 48.0 Å². The molecule has 230 valence electrons. The number of hydrogen-bond donors (Lipinski definition) is 3. The van der Waals surface area contributed by atoms with Gasteiger partial charge in [-0.3, -0.25) is 14.6 Å². The standard InChI is InChI=1S/C31H49N3O7/c1-7-19-12-20-10-8-9-11-31(5,6)18-40-28(38)32-25(30(2,3)4)26(35)34-16-22(14-24(34)27(36)37)41-29(39)33-15-21(13-19)23(20)17-33/h13,19,22,24-26,35H,7-12,14-18H2,1-6H3,(H,32,38)(H,36,37). The van der Waals surface area contributed by atoms with Crippen molar-refractivity contribution in [3.8, 4) is 0 Å². The number of nitrogens with one attached hydrogen (secondary N) is 1. The number of carboxylic acid groups (broad SMARTS) is 1. The molecule has 6 atom stereocenters. The molecule has 2 fully saturated rings. The fourth-order valence-corrected chi connectivity index (χ4v) is 6.60. The highest BCUT2D eigenvalue weighted by Crippen LogP contribution is 2.39. The molecule has 1 aliphatic carbocycles. The van der Waals surface area contributed by atoms with Crippen LogP contribution in [0.4, 0.5) is 9.59 Å². The molecule has 4 rings (SSSR count). The number of hydrogen-bond acceptors (Lipinski definition) is 7. The number of cyclic esters (lactones) is 1. The van der Waals surface area contributed by atoms with E-state index in [9.17, 15) is 24.6 Å². The molecule has 6 unspecified atom stereocenters. The number of carbonyl (C=O) groups is 3. The van der Waals surface area contributed by atoms with Gasteiger partial charge in [-0.25, -0.2) is 9.59 Å². The second kappa shape index (κ2) is 12.3. The minimum absolute atomic E-state index is 0.0442. The molecule has 3 heterocycles. The van der Waals surface area contributed by atoms with Gasteiger partial charge in [-0.2, -0.15) is 0 Å². The highest BCUT2D eigenvalue weighted by atomic mass is 16.6. The number of alkyl carbamates (subject to hydrolysis) is 1.